The number of nitrogens with two attached hydrogens (primary N) is 1. The van der Waals surface area contributed by atoms with Gasteiger partial charge in [0.1, 0.15) is 0 Å². The Hall–Kier alpha value is -0.120. The van der Waals surface area contributed by atoms with Gasteiger partial charge in [0.25, 0.3) is 0 Å². The second-order valence-corrected chi connectivity index (χ2v) is 5.40. The van der Waals surface area contributed by atoms with Gasteiger partial charge in [-0.05, 0) is 33.6 Å². The molecule has 0 radical (unpaired) electrons. The van der Waals surface area contributed by atoms with Gasteiger partial charge in [0.05, 0.1) is 24.4 Å². The highest BCUT2D eigenvalue weighted by atomic mass is 16.5. The quantitative estimate of drug-likeness (QED) is 0.714. The normalized spacial score (nSPS) is 20.8. The fourth-order valence-corrected chi connectivity index (χ4v) is 2.03. The average Bonchev–Trinajstić information content (AvgIpc) is 2.60. The van der Waals surface area contributed by atoms with Gasteiger partial charge < -0.3 is 15.2 Å². The molecule has 3 heteroatoms. The molecular weight excluding hydrogens is 190 g/mol. The minimum Gasteiger partial charge on any atom is -0.373 e. The van der Waals surface area contributed by atoms with Crippen molar-refractivity contribution < 1.29 is 9.47 Å². The van der Waals surface area contributed by atoms with Crippen LogP contribution in [-0.2, 0) is 9.47 Å². The highest BCUT2D eigenvalue weighted by Gasteiger charge is 2.33. The Kier molecular flexibility index (Phi) is 4.56. The molecule has 0 aromatic rings. The van der Waals surface area contributed by atoms with Crippen molar-refractivity contribution in [2.75, 3.05) is 19.8 Å². The van der Waals surface area contributed by atoms with E-state index in [0.717, 1.165) is 12.8 Å². The molecule has 0 aromatic heterocycles. The number of rotatable bonds is 5. The van der Waals surface area contributed by atoms with E-state index in [1.54, 1.807) is 0 Å². The third-order valence-electron chi connectivity index (χ3n) is 2.91. The lowest BCUT2D eigenvalue weighted by Crippen LogP contribution is -2.39. The summed E-state index contributed by atoms with van der Waals surface area (Å²) in [5, 5.41) is 0. The van der Waals surface area contributed by atoms with E-state index < -0.39 is 0 Å². The first-order chi connectivity index (χ1) is 6.97. The lowest BCUT2D eigenvalue weighted by atomic mass is 10.0. The molecule has 0 bridgehead atoms. The molecule has 0 heterocycles. The molecule has 1 aliphatic rings. The van der Waals surface area contributed by atoms with Crippen LogP contribution in [0.4, 0.5) is 0 Å². The monoisotopic (exact) mass is 215 g/mol. The fraction of sp³-hybridized carbons (Fsp3) is 1.00. The van der Waals surface area contributed by atoms with Crippen LogP contribution in [0.2, 0.25) is 0 Å². The van der Waals surface area contributed by atoms with Crippen LogP contribution in [0.1, 0.15) is 46.5 Å². The van der Waals surface area contributed by atoms with E-state index in [2.05, 4.69) is 20.8 Å². The van der Waals surface area contributed by atoms with Crippen molar-refractivity contribution in [2.24, 2.45) is 5.73 Å². The zero-order valence-corrected chi connectivity index (χ0v) is 10.3. The zero-order chi connectivity index (χ0) is 11.4. The van der Waals surface area contributed by atoms with Crippen molar-refractivity contribution in [1.29, 1.82) is 0 Å². The molecule has 0 aliphatic heterocycles. The maximum Gasteiger partial charge on any atom is 0.0805 e. The van der Waals surface area contributed by atoms with E-state index in [0.29, 0.717) is 19.8 Å². The maximum absolute atomic E-state index is 5.89. The maximum atomic E-state index is 5.89. The SMILES string of the molecule is CC(C)(C)OCCOC1(CN)CCCC1. The lowest BCUT2D eigenvalue weighted by Gasteiger charge is -2.28. The van der Waals surface area contributed by atoms with Crippen LogP contribution < -0.4 is 5.73 Å². The standard InChI is InChI=1S/C12H25NO2/c1-11(2,3)14-8-9-15-12(10-13)6-4-5-7-12/h4-10,13H2,1-3H3. The van der Waals surface area contributed by atoms with Gasteiger partial charge >= 0.3 is 0 Å². The van der Waals surface area contributed by atoms with Gasteiger partial charge in [-0.2, -0.15) is 0 Å². The molecule has 1 aliphatic carbocycles. The number of hydrogen-bond donors (Lipinski definition) is 1. The molecule has 1 rings (SSSR count). The highest BCUT2D eigenvalue weighted by Crippen LogP contribution is 2.32. The molecule has 3 nitrogen and oxygen atoms in total. The van der Waals surface area contributed by atoms with Crippen LogP contribution in [0.5, 0.6) is 0 Å². The Morgan fingerprint density at radius 2 is 1.73 bits per heavy atom. The summed E-state index contributed by atoms with van der Waals surface area (Å²) in [6, 6.07) is 0. The van der Waals surface area contributed by atoms with E-state index in [1.807, 2.05) is 0 Å². The molecule has 1 fully saturated rings. The van der Waals surface area contributed by atoms with Gasteiger partial charge in [-0.15, -0.1) is 0 Å². The van der Waals surface area contributed by atoms with Crippen molar-refractivity contribution in [3.8, 4) is 0 Å². The lowest BCUT2D eigenvalue weighted by molar-refractivity contribution is -0.0859. The van der Waals surface area contributed by atoms with Gasteiger partial charge in [-0.1, -0.05) is 12.8 Å². The third kappa shape index (κ3) is 4.49. The van der Waals surface area contributed by atoms with Crippen molar-refractivity contribution in [1.82, 2.24) is 0 Å². The van der Waals surface area contributed by atoms with Gasteiger partial charge in [0.2, 0.25) is 0 Å². The first kappa shape index (κ1) is 12.9. The summed E-state index contributed by atoms with van der Waals surface area (Å²) in [5.41, 5.74) is 5.66. The van der Waals surface area contributed by atoms with Crippen molar-refractivity contribution in [3.63, 3.8) is 0 Å². The molecule has 0 atom stereocenters. The summed E-state index contributed by atoms with van der Waals surface area (Å²) in [6.45, 7) is 8.13. The summed E-state index contributed by atoms with van der Waals surface area (Å²) in [7, 11) is 0. The Balaban J connectivity index is 2.18. The molecule has 0 spiro atoms. The molecule has 0 amide bonds. The molecule has 1 saturated carbocycles. The third-order valence-corrected chi connectivity index (χ3v) is 2.91. The van der Waals surface area contributed by atoms with E-state index in [9.17, 15) is 0 Å². The number of hydrogen-bond acceptors (Lipinski definition) is 3. The van der Waals surface area contributed by atoms with E-state index in [4.69, 9.17) is 15.2 Å². The Morgan fingerprint density at radius 1 is 1.13 bits per heavy atom. The fourth-order valence-electron chi connectivity index (χ4n) is 2.03. The Morgan fingerprint density at radius 3 is 2.20 bits per heavy atom. The summed E-state index contributed by atoms with van der Waals surface area (Å²) >= 11 is 0. The number of ether oxygens (including phenoxy) is 2. The van der Waals surface area contributed by atoms with Crippen molar-refractivity contribution in [2.45, 2.75) is 57.7 Å². The molecule has 0 saturated heterocycles. The van der Waals surface area contributed by atoms with Gasteiger partial charge in [-0.25, -0.2) is 0 Å². The highest BCUT2D eigenvalue weighted by molar-refractivity contribution is 4.87. The second kappa shape index (κ2) is 5.28. The van der Waals surface area contributed by atoms with E-state index in [1.165, 1.54) is 12.8 Å². The van der Waals surface area contributed by atoms with Crippen LogP contribution in [0, 0.1) is 0 Å². The van der Waals surface area contributed by atoms with Crippen molar-refractivity contribution in [3.05, 3.63) is 0 Å². The Bertz CT molecular complexity index is 181. The molecule has 0 aromatic carbocycles. The molecule has 90 valence electrons. The predicted molar refractivity (Wildman–Crippen MR) is 61.9 cm³/mol. The van der Waals surface area contributed by atoms with Gasteiger partial charge in [-0.3, -0.25) is 0 Å². The molecule has 2 N–H and O–H groups in total. The van der Waals surface area contributed by atoms with Crippen LogP contribution >= 0.6 is 0 Å². The zero-order valence-electron chi connectivity index (χ0n) is 10.3. The van der Waals surface area contributed by atoms with Crippen LogP contribution in [0.25, 0.3) is 0 Å². The van der Waals surface area contributed by atoms with Crippen LogP contribution in [0.15, 0.2) is 0 Å². The summed E-state index contributed by atoms with van der Waals surface area (Å²) in [5.74, 6) is 0. The largest absolute Gasteiger partial charge is 0.373 e. The molecule has 0 unspecified atom stereocenters. The van der Waals surface area contributed by atoms with E-state index in [-0.39, 0.29) is 11.2 Å². The average molecular weight is 215 g/mol. The smallest absolute Gasteiger partial charge is 0.0805 e. The summed E-state index contributed by atoms with van der Waals surface area (Å²) in [4.78, 5) is 0. The minimum atomic E-state index is -0.0745. The second-order valence-electron chi connectivity index (χ2n) is 5.40. The van der Waals surface area contributed by atoms with Crippen molar-refractivity contribution >= 4 is 0 Å². The topological polar surface area (TPSA) is 44.5 Å². The summed E-state index contributed by atoms with van der Waals surface area (Å²) in [6.07, 6.45) is 4.71. The first-order valence-corrected chi connectivity index (χ1v) is 5.95. The van der Waals surface area contributed by atoms with Gasteiger partial charge in [0, 0.05) is 6.54 Å². The van der Waals surface area contributed by atoms with E-state index >= 15 is 0 Å². The summed E-state index contributed by atoms with van der Waals surface area (Å²) < 4.78 is 11.5. The van der Waals surface area contributed by atoms with Crippen LogP contribution in [0.3, 0.4) is 0 Å². The van der Waals surface area contributed by atoms with Gasteiger partial charge in [0.15, 0.2) is 0 Å². The molecular formula is C12H25NO2. The predicted octanol–water partition coefficient (Wildman–Crippen LogP) is 2.09. The minimum absolute atomic E-state index is 0.0404. The first-order valence-electron chi connectivity index (χ1n) is 5.95. The Labute approximate surface area is 93.3 Å². The molecule has 15 heavy (non-hydrogen) atoms. The van der Waals surface area contributed by atoms with Crippen LogP contribution in [-0.4, -0.2) is 31.0 Å².